The second-order valence-electron chi connectivity index (χ2n) is 8.13. The van der Waals surface area contributed by atoms with Gasteiger partial charge in [-0.25, -0.2) is 0 Å². The van der Waals surface area contributed by atoms with Crippen molar-refractivity contribution in [3.8, 4) is 11.5 Å². The summed E-state index contributed by atoms with van der Waals surface area (Å²) >= 11 is 0. The Morgan fingerprint density at radius 3 is 2.52 bits per heavy atom. The summed E-state index contributed by atoms with van der Waals surface area (Å²) in [7, 11) is 1.69. The minimum Gasteiger partial charge on any atom is -0.493 e. The molecule has 0 spiro atoms. The SMILES string of the molecule is COc1ccc(CN2C[C@H]3CC(O)C[C@H]3C2)cc1OCCN1CCOCC1. The third-order valence-corrected chi connectivity index (χ3v) is 6.20. The van der Waals surface area contributed by atoms with E-state index in [1.54, 1.807) is 7.11 Å². The van der Waals surface area contributed by atoms with Crippen molar-refractivity contribution in [2.45, 2.75) is 25.5 Å². The fourth-order valence-electron chi connectivity index (χ4n) is 4.79. The van der Waals surface area contributed by atoms with Crippen molar-refractivity contribution < 1.29 is 19.3 Å². The lowest BCUT2D eigenvalue weighted by atomic mass is 10.0. The molecule has 0 bridgehead atoms. The fraction of sp³-hybridized carbons (Fsp3) is 0.714. The van der Waals surface area contributed by atoms with Crippen molar-refractivity contribution in [2.24, 2.45) is 11.8 Å². The Morgan fingerprint density at radius 2 is 1.81 bits per heavy atom. The Hall–Kier alpha value is -1.34. The molecule has 27 heavy (non-hydrogen) atoms. The van der Waals surface area contributed by atoms with Crippen LogP contribution >= 0.6 is 0 Å². The summed E-state index contributed by atoms with van der Waals surface area (Å²) in [5.74, 6) is 2.96. The molecule has 4 rings (SSSR count). The van der Waals surface area contributed by atoms with Crippen LogP contribution < -0.4 is 9.47 Å². The Labute approximate surface area is 162 Å². The van der Waals surface area contributed by atoms with Crippen molar-refractivity contribution in [1.29, 1.82) is 0 Å². The van der Waals surface area contributed by atoms with Crippen molar-refractivity contribution in [1.82, 2.24) is 9.80 Å². The van der Waals surface area contributed by atoms with Crippen LogP contribution in [0.5, 0.6) is 11.5 Å². The van der Waals surface area contributed by atoms with Crippen LogP contribution in [0.1, 0.15) is 18.4 Å². The number of rotatable bonds is 7. The van der Waals surface area contributed by atoms with Crippen molar-refractivity contribution in [2.75, 3.05) is 59.7 Å². The van der Waals surface area contributed by atoms with Gasteiger partial charge < -0.3 is 19.3 Å². The fourth-order valence-corrected chi connectivity index (χ4v) is 4.79. The molecule has 2 aliphatic heterocycles. The number of fused-ring (bicyclic) bond motifs is 1. The number of hydrogen-bond donors (Lipinski definition) is 1. The molecule has 0 aromatic heterocycles. The van der Waals surface area contributed by atoms with E-state index in [1.165, 1.54) is 5.56 Å². The first-order valence-corrected chi connectivity index (χ1v) is 10.2. The molecule has 1 aromatic rings. The molecular weight excluding hydrogens is 344 g/mol. The van der Waals surface area contributed by atoms with Crippen LogP contribution in [0.3, 0.4) is 0 Å². The maximum atomic E-state index is 9.82. The highest BCUT2D eigenvalue weighted by Gasteiger charge is 2.39. The average Bonchev–Trinajstić information content (AvgIpc) is 3.19. The van der Waals surface area contributed by atoms with Gasteiger partial charge in [0.05, 0.1) is 26.4 Å². The zero-order chi connectivity index (χ0) is 18.6. The number of benzene rings is 1. The summed E-state index contributed by atoms with van der Waals surface area (Å²) in [6.07, 6.45) is 1.87. The first-order valence-electron chi connectivity index (χ1n) is 10.2. The monoisotopic (exact) mass is 376 g/mol. The summed E-state index contributed by atoms with van der Waals surface area (Å²) in [6.45, 7) is 8.29. The lowest BCUT2D eigenvalue weighted by molar-refractivity contribution is 0.0321. The molecule has 3 aliphatic rings. The normalized spacial score (nSPS) is 29.0. The van der Waals surface area contributed by atoms with Gasteiger partial charge in [-0.15, -0.1) is 0 Å². The van der Waals surface area contributed by atoms with E-state index in [0.29, 0.717) is 18.4 Å². The molecule has 2 heterocycles. The molecule has 1 aromatic carbocycles. The molecule has 150 valence electrons. The molecule has 6 nitrogen and oxygen atoms in total. The molecule has 3 atom stereocenters. The van der Waals surface area contributed by atoms with Crippen LogP contribution in [0.15, 0.2) is 18.2 Å². The smallest absolute Gasteiger partial charge is 0.161 e. The van der Waals surface area contributed by atoms with Crippen molar-refractivity contribution in [3.05, 3.63) is 23.8 Å². The first kappa shape index (κ1) is 19.0. The van der Waals surface area contributed by atoms with Gasteiger partial charge in [-0.3, -0.25) is 9.80 Å². The molecule has 0 radical (unpaired) electrons. The van der Waals surface area contributed by atoms with Crippen LogP contribution in [0.25, 0.3) is 0 Å². The highest BCUT2D eigenvalue weighted by atomic mass is 16.5. The number of aliphatic hydroxyl groups excluding tert-OH is 1. The van der Waals surface area contributed by atoms with Gasteiger partial charge in [0.2, 0.25) is 0 Å². The minimum absolute atomic E-state index is 0.0744. The number of nitrogens with zero attached hydrogens (tertiary/aromatic N) is 2. The Kier molecular flexibility index (Phi) is 6.18. The molecule has 0 amide bonds. The van der Waals surface area contributed by atoms with Crippen LogP contribution in [0, 0.1) is 11.8 Å². The van der Waals surface area contributed by atoms with Crippen LogP contribution in [0.2, 0.25) is 0 Å². The molecule has 2 saturated heterocycles. The molecule has 3 fully saturated rings. The number of ether oxygens (including phenoxy) is 3. The van der Waals surface area contributed by atoms with E-state index in [4.69, 9.17) is 14.2 Å². The molecular formula is C21H32N2O4. The van der Waals surface area contributed by atoms with E-state index < -0.39 is 0 Å². The summed E-state index contributed by atoms with van der Waals surface area (Å²) in [5.41, 5.74) is 1.26. The van der Waals surface area contributed by atoms with Gasteiger partial charge in [-0.1, -0.05) is 6.07 Å². The third-order valence-electron chi connectivity index (χ3n) is 6.20. The number of methoxy groups -OCH3 is 1. The summed E-state index contributed by atoms with van der Waals surface area (Å²) in [4.78, 5) is 4.89. The van der Waals surface area contributed by atoms with E-state index in [0.717, 1.165) is 76.8 Å². The van der Waals surface area contributed by atoms with Gasteiger partial charge in [0.25, 0.3) is 0 Å². The van der Waals surface area contributed by atoms with E-state index >= 15 is 0 Å². The molecule has 1 saturated carbocycles. The van der Waals surface area contributed by atoms with E-state index in [9.17, 15) is 5.11 Å². The van der Waals surface area contributed by atoms with Crippen LogP contribution in [0.4, 0.5) is 0 Å². The van der Waals surface area contributed by atoms with Gasteiger partial charge in [-0.05, 0) is 42.4 Å². The predicted octanol–water partition coefficient (Wildman–Crippen LogP) is 1.61. The zero-order valence-electron chi connectivity index (χ0n) is 16.3. The predicted molar refractivity (Wildman–Crippen MR) is 103 cm³/mol. The van der Waals surface area contributed by atoms with Crippen LogP contribution in [-0.4, -0.2) is 80.7 Å². The first-order chi connectivity index (χ1) is 13.2. The van der Waals surface area contributed by atoms with E-state index in [1.807, 2.05) is 6.07 Å². The Balaban J connectivity index is 1.31. The largest absolute Gasteiger partial charge is 0.493 e. The number of hydrogen-bond acceptors (Lipinski definition) is 6. The van der Waals surface area contributed by atoms with E-state index in [2.05, 4.69) is 21.9 Å². The maximum Gasteiger partial charge on any atom is 0.161 e. The number of aliphatic hydroxyl groups is 1. The Morgan fingerprint density at radius 1 is 1.07 bits per heavy atom. The Bertz CT molecular complexity index is 606. The standard InChI is InChI=1S/C21H32N2O4/c1-25-20-3-2-16(13-23-14-17-11-19(24)12-18(17)15-23)10-21(20)27-9-6-22-4-7-26-8-5-22/h2-3,10,17-19,24H,4-9,11-15H2,1H3/t17-,18+,19?. The van der Waals surface area contributed by atoms with Gasteiger partial charge in [0, 0.05) is 39.3 Å². The molecule has 1 unspecified atom stereocenters. The number of morpholine rings is 1. The molecule has 6 heteroatoms. The second kappa shape index (κ2) is 8.78. The molecule has 1 aliphatic carbocycles. The van der Waals surface area contributed by atoms with Crippen LogP contribution in [-0.2, 0) is 11.3 Å². The maximum absolute atomic E-state index is 9.82. The van der Waals surface area contributed by atoms with E-state index in [-0.39, 0.29) is 6.10 Å². The lowest BCUT2D eigenvalue weighted by Gasteiger charge is -2.26. The lowest BCUT2D eigenvalue weighted by Crippen LogP contribution is -2.38. The van der Waals surface area contributed by atoms with Gasteiger partial charge >= 0.3 is 0 Å². The topological polar surface area (TPSA) is 54.4 Å². The van der Waals surface area contributed by atoms with Gasteiger partial charge in [0.15, 0.2) is 11.5 Å². The summed E-state index contributed by atoms with van der Waals surface area (Å²) in [5, 5.41) is 9.82. The van der Waals surface area contributed by atoms with Crippen molar-refractivity contribution in [3.63, 3.8) is 0 Å². The quantitative estimate of drug-likeness (QED) is 0.780. The molecule has 1 N–H and O–H groups in total. The number of likely N-dealkylation sites (tertiary alicyclic amines) is 1. The third kappa shape index (κ3) is 4.74. The highest BCUT2D eigenvalue weighted by Crippen LogP contribution is 2.39. The summed E-state index contributed by atoms with van der Waals surface area (Å²) < 4.78 is 16.9. The zero-order valence-corrected chi connectivity index (χ0v) is 16.3. The van der Waals surface area contributed by atoms with Crippen molar-refractivity contribution >= 4 is 0 Å². The summed E-state index contributed by atoms with van der Waals surface area (Å²) in [6, 6.07) is 6.28. The minimum atomic E-state index is -0.0744. The highest BCUT2D eigenvalue weighted by molar-refractivity contribution is 5.43. The average molecular weight is 376 g/mol. The second-order valence-corrected chi connectivity index (χ2v) is 8.13. The van der Waals surface area contributed by atoms with Gasteiger partial charge in [0.1, 0.15) is 6.61 Å². The van der Waals surface area contributed by atoms with Gasteiger partial charge in [-0.2, -0.15) is 0 Å².